The number of likely N-dealkylation sites (tertiary alicyclic amines) is 1. The van der Waals surface area contributed by atoms with Crippen molar-refractivity contribution in [3.63, 3.8) is 0 Å². The molecule has 3 rings (SSSR count). The molecular formula is C17H16F3N3O5. The van der Waals surface area contributed by atoms with E-state index < -0.39 is 49.1 Å². The van der Waals surface area contributed by atoms with Crippen LogP contribution in [-0.2, 0) is 9.53 Å². The van der Waals surface area contributed by atoms with E-state index >= 15 is 0 Å². The molecule has 1 saturated heterocycles. The predicted molar refractivity (Wildman–Crippen MR) is 90.9 cm³/mol. The van der Waals surface area contributed by atoms with Crippen LogP contribution in [0.2, 0.25) is 0 Å². The number of aromatic amines is 1. The number of ether oxygens (including phenoxy) is 1. The quantitative estimate of drug-likeness (QED) is 0.687. The van der Waals surface area contributed by atoms with Crippen molar-refractivity contribution < 1.29 is 37.4 Å². The normalized spacial score (nSPS) is 19.6. The number of carbonyl (C=O) groups is 3. The third-order valence-electron chi connectivity index (χ3n) is 4.67. The number of fused-ring (bicyclic) bond motifs is 1. The Labute approximate surface area is 156 Å². The number of nitrogens with one attached hydrogen (secondary N) is 2. The lowest BCUT2D eigenvalue weighted by molar-refractivity contribution is -0.187. The molecule has 8 nitrogen and oxygen atoms in total. The molecule has 2 amide bonds. The molecule has 0 bridgehead atoms. The number of esters is 1. The molecule has 2 atom stereocenters. The summed E-state index contributed by atoms with van der Waals surface area (Å²) < 4.78 is 43.9. The summed E-state index contributed by atoms with van der Waals surface area (Å²) in [6.45, 7) is -1.33. The van der Waals surface area contributed by atoms with Crippen molar-refractivity contribution in [1.29, 1.82) is 0 Å². The van der Waals surface area contributed by atoms with Gasteiger partial charge in [0.05, 0.1) is 24.5 Å². The van der Waals surface area contributed by atoms with E-state index in [1.54, 1.807) is 12.3 Å². The Morgan fingerprint density at radius 3 is 2.57 bits per heavy atom. The van der Waals surface area contributed by atoms with Gasteiger partial charge in [0, 0.05) is 35.9 Å². The van der Waals surface area contributed by atoms with Crippen molar-refractivity contribution in [2.75, 3.05) is 25.5 Å². The Hall–Kier alpha value is -3.24. The van der Waals surface area contributed by atoms with E-state index in [0.29, 0.717) is 10.9 Å². The minimum atomic E-state index is -4.74. The zero-order chi connectivity index (χ0) is 20.6. The summed E-state index contributed by atoms with van der Waals surface area (Å²) in [6.07, 6.45) is -3.16. The molecule has 0 saturated carbocycles. The van der Waals surface area contributed by atoms with Gasteiger partial charge >= 0.3 is 24.1 Å². The molecule has 0 aliphatic carbocycles. The van der Waals surface area contributed by atoms with Gasteiger partial charge in [-0.1, -0.05) is 0 Å². The minimum Gasteiger partial charge on any atom is -0.481 e. The van der Waals surface area contributed by atoms with Crippen LogP contribution in [0, 0.1) is 11.8 Å². The number of urea groups is 1. The second kappa shape index (κ2) is 7.06. The van der Waals surface area contributed by atoms with Gasteiger partial charge < -0.3 is 25.0 Å². The number of carboxylic acid groups (broad SMARTS) is 1. The summed E-state index contributed by atoms with van der Waals surface area (Å²) in [4.78, 5) is 39.2. The van der Waals surface area contributed by atoms with Gasteiger partial charge in [-0.3, -0.25) is 4.79 Å². The fourth-order valence-corrected chi connectivity index (χ4v) is 3.27. The van der Waals surface area contributed by atoms with E-state index in [1.807, 2.05) is 0 Å². The highest BCUT2D eigenvalue weighted by atomic mass is 19.4. The van der Waals surface area contributed by atoms with Crippen molar-refractivity contribution in [1.82, 2.24) is 9.88 Å². The molecule has 1 fully saturated rings. The van der Waals surface area contributed by atoms with Gasteiger partial charge in [0.1, 0.15) is 0 Å². The van der Waals surface area contributed by atoms with Crippen LogP contribution in [0.4, 0.5) is 23.7 Å². The number of H-pyrrole nitrogens is 1. The molecule has 1 aliphatic heterocycles. The highest BCUT2D eigenvalue weighted by molar-refractivity contribution is 6.06. The van der Waals surface area contributed by atoms with Gasteiger partial charge in [0.25, 0.3) is 0 Å². The number of rotatable bonds is 3. The van der Waals surface area contributed by atoms with Crippen molar-refractivity contribution in [2.45, 2.75) is 6.18 Å². The molecule has 1 aromatic carbocycles. The lowest BCUT2D eigenvalue weighted by atomic mass is 9.96. The molecule has 0 spiro atoms. The maximum absolute atomic E-state index is 13.1. The Bertz CT molecular complexity index is 940. The highest BCUT2D eigenvalue weighted by Crippen LogP contribution is 2.38. The van der Waals surface area contributed by atoms with E-state index in [-0.39, 0.29) is 11.3 Å². The number of hydrogen-bond acceptors (Lipinski definition) is 4. The average molecular weight is 399 g/mol. The topological polar surface area (TPSA) is 112 Å². The molecule has 0 radical (unpaired) electrons. The second-order valence-corrected chi connectivity index (χ2v) is 6.38. The Kier molecular flexibility index (Phi) is 4.92. The number of halogens is 3. The number of aromatic nitrogens is 1. The maximum Gasteiger partial charge on any atom is 0.394 e. The molecule has 2 aromatic rings. The lowest BCUT2D eigenvalue weighted by Gasteiger charge is -2.19. The first-order valence-electron chi connectivity index (χ1n) is 8.16. The molecule has 3 N–H and O–H groups in total. The summed E-state index contributed by atoms with van der Waals surface area (Å²) in [5.74, 6) is -6.14. The van der Waals surface area contributed by atoms with Crippen LogP contribution in [0.25, 0.3) is 10.9 Å². The number of carbonyl (C=O) groups excluding carboxylic acids is 2. The van der Waals surface area contributed by atoms with Gasteiger partial charge in [-0.2, -0.15) is 13.2 Å². The maximum atomic E-state index is 13.1. The molecule has 0 unspecified atom stereocenters. The minimum absolute atomic E-state index is 0.155. The van der Waals surface area contributed by atoms with Crippen molar-refractivity contribution in [3.8, 4) is 0 Å². The van der Waals surface area contributed by atoms with Gasteiger partial charge in [0.15, 0.2) is 0 Å². The zero-order valence-corrected chi connectivity index (χ0v) is 14.5. The average Bonchev–Trinajstić information content (AvgIpc) is 3.26. The fourth-order valence-electron chi connectivity index (χ4n) is 3.27. The smallest absolute Gasteiger partial charge is 0.394 e. The summed E-state index contributed by atoms with van der Waals surface area (Å²) in [6, 6.07) is 3.59. The first-order valence-corrected chi connectivity index (χ1v) is 8.16. The molecule has 11 heteroatoms. The number of hydrogen-bond donors (Lipinski definition) is 3. The Morgan fingerprint density at radius 2 is 2.00 bits per heavy atom. The van der Waals surface area contributed by atoms with Crippen LogP contribution in [0.5, 0.6) is 0 Å². The summed E-state index contributed by atoms with van der Waals surface area (Å²) in [5.41, 5.74) is 0.827. The summed E-state index contributed by atoms with van der Waals surface area (Å²) in [5, 5.41) is 12.0. The number of methoxy groups -OCH3 is 1. The molecular weight excluding hydrogens is 383 g/mol. The summed E-state index contributed by atoms with van der Waals surface area (Å²) >= 11 is 0. The largest absolute Gasteiger partial charge is 0.481 e. The standard InChI is InChI=1S/C17H16F3N3O5/c1-28-15(26)10-4-8(5-13-9(10)2-3-21-13)22-16(27)23-6-11(14(24)25)12(7-23)17(18,19)20/h2-5,11-12,21H,6-7H2,1H3,(H,22,27)(H,24,25)/t11-,12-/m1/s1. The van der Waals surface area contributed by atoms with E-state index in [4.69, 9.17) is 9.84 Å². The van der Waals surface area contributed by atoms with E-state index in [2.05, 4.69) is 10.3 Å². The predicted octanol–water partition coefficient (Wildman–Crippen LogP) is 2.68. The van der Waals surface area contributed by atoms with Gasteiger partial charge in [-0.15, -0.1) is 0 Å². The Morgan fingerprint density at radius 1 is 1.29 bits per heavy atom. The van der Waals surface area contributed by atoms with Gasteiger partial charge in [-0.05, 0) is 18.2 Å². The van der Waals surface area contributed by atoms with Gasteiger partial charge in [-0.25, -0.2) is 9.59 Å². The van der Waals surface area contributed by atoms with E-state index in [0.717, 1.165) is 4.90 Å². The molecule has 2 heterocycles. The Balaban J connectivity index is 1.83. The second-order valence-electron chi connectivity index (χ2n) is 6.38. The van der Waals surface area contributed by atoms with Crippen molar-refractivity contribution in [3.05, 3.63) is 30.0 Å². The van der Waals surface area contributed by atoms with Crippen LogP contribution in [-0.4, -0.2) is 59.3 Å². The third-order valence-corrected chi connectivity index (χ3v) is 4.67. The van der Waals surface area contributed by atoms with Crippen molar-refractivity contribution in [2.24, 2.45) is 11.8 Å². The number of carboxylic acids is 1. The molecule has 150 valence electrons. The zero-order valence-electron chi connectivity index (χ0n) is 14.5. The van der Waals surface area contributed by atoms with Crippen LogP contribution in [0.3, 0.4) is 0 Å². The molecule has 28 heavy (non-hydrogen) atoms. The molecule has 1 aliphatic rings. The van der Waals surface area contributed by atoms with Crippen molar-refractivity contribution >= 4 is 34.6 Å². The molecule has 1 aromatic heterocycles. The number of nitrogens with zero attached hydrogens (tertiary/aromatic N) is 1. The van der Waals surface area contributed by atoms with E-state index in [1.165, 1.54) is 19.2 Å². The number of alkyl halides is 3. The lowest BCUT2D eigenvalue weighted by Crippen LogP contribution is -2.35. The van der Waals surface area contributed by atoms with E-state index in [9.17, 15) is 27.6 Å². The van der Waals surface area contributed by atoms with Crippen LogP contribution >= 0.6 is 0 Å². The van der Waals surface area contributed by atoms with Crippen LogP contribution in [0.15, 0.2) is 24.4 Å². The fraction of sp³-hybridized carbons (Fsp3) is 0.353. The monoisotopic (exact) mass is 399 g/mol. The number of anilines is 1. The van der Waals surface area contributed by atoms with Gasteiger partial charge in [0.2, 0.25) is 0 Å². The number of aliphatic carboxylic acids is 1. The highest BCUT2D eigenvalue weighted by Gasteiger charge is 2.53. The van der Waals surface area contributed by atoms with Crippen LogP contribution in [0.1, 0.15) is 10.4 Å². The number of benzene rings is 1. The van der Waals surface area contributed by atoms with Crippen LogP contribution < -0.4 is 5.32 Å². The first-order chi connectivity index (χ1) is 13.1. The number of amides is 2. The summed E-state index contributed by atoms with van der Waals surface area (Å²) in [7, 11) is 1.19. The third kappa shape index (κ3) is 3.59. The first kappa shape index (κ1) is 19.5. The SMILES string of the molecule is COC(=O)c1cc(NC(=O)N2C[C@@H](C(F)(F)F)[C@H](C(=O)O)C2)cc2[nH]ccc12.